The number of nitrogens with one attached hydrogen (secondary N) is 1. The van der Waals surface area contributed by atoms with Crippen LogP contribution >= 0.6 is 0 Å². The van der Waals surface area contributed by atoms with Crippen molar-refractivity contribution in [2.75, 3.05) is 5.32 Å². The van der Waals surface area contributed by atoms with Crippen LogP contribution in [0.4, 0.5) is 11.4 Å². The van der Waals surface area contributed by atoms with Gasteiger partial charge in [-0.2, -0.15) is 0 Å². The van der Waals surface area contributed by atoms with E-state index in [2.05, 4.69) is 15.3 Å². The van der Waals surface area contributed by atoms with Crippen LogP contribution in [-0.2, 0) is 0 Å². The summed E-state index contributed by atoms with van der Waals surface area (Å²) in [6, 6.07) is 14.5. The van der Waals surface area contributed by atoms with Crippen molar-refractivity contribution >= 4 is 28.4 Å². The smallest absolute Gasteiger partial charge is 0.271 e. The number of pyridine rings is 1. The first-order valence-electron chi connectivity index (χ1n) is 7.97. The van der Waals surface area contributed by atoms with Gasteiger partial charge in [-0.1, -0.05) is 12.1 Å². The van der Waals surface area contributed by atoms with Crippen LogP contribution in [0.2, 0.25) is 0 Å². The summed E-state index contributed by atoms with van der Waals surface area (Å²) in [6.45, 7) is 0. The third-order valence-corrected chi connectivity index (χ3v) is 3.93. The second-order valence-corrected chi connectivity index (χ2v) is 5.66. The Kier molecular flexibility index (Phi) is 4.06. The van der Waals surface area contributed by atoms with Gasteiger partial charge in [-0.15, -0.1) is 0 Å². The van der Waals surface area contributed by atoms with Crippen molar-refractivity contribution in [1.82, 2.24) is 9.97 Å². The first kappa shape index (κ1) is 16.4. The van der Waals surface area contributed by atoms with E-state index in [0.717, 1.165) is 0 Å². The zero-order chi connectivity index (χ0) is 18.8. The highest BCUT2D eigenvalue weighted by Crippen LogP contribution is 2.31. The van der Waals surface area contributed by atoms with Crippen molar-refractivity contribution in [2.45, 2.75) is 0 Å². The minimum absolute atomic E-state index is 0.0679. The summed E-state index contributed by atoms with van der Waals surface area (Å²) in [7, 11) is 0. The molecule has 8 nitrogen and oxygen atoms in total. The van der Waals surface area contributed by atoms with Crippen LogP contribution in [0.15, 0.2) is 71.4 Å². The van der Waals surface area contributed by atoms with E-state index in [1.807, 2.05) is 0 Å². The fourth-order valence-corrected chi connectivity index (χ4v) is 2.62. The predicted octanol–water partition coefficient (Wildman–Crippen LogP) is 4.05. The number of non-ortho nitro benzene ring substituents is 1. The molecule has 4 aromatic rings. The first-order valence-corrected chi connectivity index (χ1v) is 7.97. The van der Waals surface area contributed by atoms with E-state index in [1.165, 1.54) is 30.6 Å². The number of oxazole rings is 1. The van der Waals surface area contributed by atoms with Crippen LogP contribution in [0.25, 0.3) is 22.6 Å². The summed E-state index contributed by atoms with van der Waals surface area (Å²) >= 11 is 0. The molecule has 2 aromatic carbocycles. The minimum atomic E-state index is -0.489. The van der Waals surface area contributed by atoms with Gasteiger partial charge in [0.05, 0.1) is 16.2 Å². The third-order valence-electron chi connectivity index (χ3n) is 3.93. The molecule has 1 N–H and O–H groups in total. The Bertz CT molecular complexity index is 1150. The van der Waals surface area contributed by atoms with Gasteiger partial charge in [0, 0.05) is 30.1 Å². The van der Waals surface area contributed by atoms with Gasteiger partial charge in [0.2, 0.25) is 5.89 Å². The number of aromatic nitrogens is 2. The largest absolute Gasteiger partial charge is 0.436 e. The van der Waals surface area contributed by atoms with Gasteiger partial charge < -0.3 is 9.73 Å². The summed E-state index contributed by atoms with van der Waals surface area (Å²) in [6.07, 6.45) is 3.07. The Morgan fingerprint density at radius 1 is 1.07 bits per heavy atom. The Labute approximate surface area is 152 Å². The second kappa shape index (κ2) is 6.68. The quantitative estimate of drug-likeness (QED) is 0.434. The van der Waals surface area contributed by atoms with Gasteiger partial charge in [0.25, 0.3) is 11.6 Å². The fraction of sp³-hybridized carbons (Fsp3) is 0. The molecule has 0 radical (unpaired) electrons. The third kappa shape index (κ3) is 3.23. The van der Waals surface area contributed by atoms with E-state index in [9.17, 15) is 14.9 Å². The summed E-state index contributed by atoms with van der Waals surface area (Å²) in [5.41, 5.74) is 2.27. The van der Waals surface area contributed by atoms with Crippen molar-refractivity contribution in [2.24, 2.45) is 0 Å². The zero-order valence-corrected chi connectivity index (χ0v) is 13.8. The first-order chi connectivity index (χ1) is 13.1. The molecule has 2 aromatic heterocycles. The topological polar surface area (TPSA) is 111 Å². The van der Waals surface area contributed by atoms with E-state index >= 15 is 0 Å². The molecular formula is C19H12N4O4. The van der Waals surface area contributed by atoms with Gasteiger partial charge >= 0.3 is 0 Å². The Morgan fingerprint density at radius 2 is 1.85 bits per heavy atom. The summed E-state index contributed by atoms with van der Waals surface area (Å²) < 4.78 is 5.72. The highest BCUT2D eigenvalue weighted by Gasteiger charge is 2.16. The highest BCUT2D eigenvalue weighted by molar-refractivity contribution is 6.06. The van der Waals surface area contributed by atoms with Gasteiger partial charge in [0.1, 0.15) is 5.52 Å². The molecule has 0 aliphatic heterocycles. The monoisotopic (exact) mass is 360 g/mol. The number of nitro benzene ring substituents is 1. The number of hydrogen-bond acceptors (Lipinski definition) is 6. The Hall–Kier alpha value is -4.07. The molecule has 1 amide bonds. The number of nitrogens with zero attached hydrogens (tertiary/aromatic N) is 3. The second-order valence-electron chi connectivity index (χ2n) is 5.66. The minimum Gasteiger partial charge on any atom is -0.436 e. The lowest BCUT2D eigenvalue weighted by Crippen LogP contribution is -2.12. The SMILES string of the molecule is O=C(Nc1ccccc1-c1nc2cc([N+](=O)[O-])ccc2o1)c1ccncc1. The lowest BCUT2D eigenvalue weighted by Gasteiger charge is -2.08. The molecule has 0 spiro atoms. The molecule has 2 heterocycles. The Balaban J connectivity index is 1.71. The number of hydrogen-bond donors (Lipinski definition) is 1. The Morgan fingerprint density at radius 3 is 2.63 bits per heavy atom. The maximum absolute atomic E-state index is 12.4. The predicted molar refractivity (Wildman–Crippen MR) is 98.3 cm³/mol. The zero-order valence-electron chi connectivity index (χ0n) is 13.8. The van der Waals surface area contributed by atoms with E-state index in [1.54, 1.807) is 36.4 Å². The molecule has 0 unspecified atom stereocenters. The fourth-order valence-electron chi connectivity index (χ4n) is 2.62. The van der Waals surface area contributed by atoms with Crippen molar-refractivity contribution < 1.29 is 14.1 Å². The molecule has 0 aliphatic carbocycles. The molecule has 8 heteroatoms. The standard InChI is InChI=1S/C19H12N4O4/c24-18(12-7-9-20-10-8-12)21-15-4-2-1-3-14(15)19-22-16-11-13(23(25)26)5-6-17(16)27-19/h1-11H,(H,21,24). The van der Waals surface area contributed by atoms with E-state index in [4.69, 9.17) is 4.42 Å². The molecule has 0 aliphatic rings. The summed E-state index contributed by atoms with van der Waals surface area (Å²) in [4.78, 5) is 31.1. The number of amides is 1. The van der Waals surface area contributed by atoms with Crippen LogP contribution < -0.4 is 5.32 Å². The lowest BCUT2D eigenvalue weighted by molar-refractivity contribution is -0.384. The maximum atomic E-state index is 12.4. The van der Waals surface area contributed by atoms with Gasteiger partial charge in [-0.05, 0) is 30.3 Å². The molecule has 0 atom stereocenters. The van der Waals surface area contributed by atoms with E-state index < -0.39 is 4.92 Å². The van der Waals surface area contributed by atoms with Crippen LogP contribution in [0.1, 0.15) is 10.4 Å². The van der Waals surface area contributed by atoms with Gasteiger partial charge in [0.15, 0.2) is 5.58 Å². The number of carbonyl (C=O) groups excluding carboxylic acids is 1. The lowest BCUT2D eigenvalue weighted by atomic mass is 10.1. The van der Waals surface area contributed by atoms with Gasteiger partial charge in [-0.25, -0.2) is 4.98 Å². The molecule has 0 fully saturated rings. The van der Waals surface area contributed by atoms with Gasteiger partial charge in [-0.3, -0.25) is 19.9 Å². The molecule has 132 valence electrons. The normalized spacial score (nSPS) is 10.7. The molecule has 0 saturated heterocycles. The van der Waals surface area contributed by atoms with Crippen LogP contribution in [-0.4, -0.2) is 20.8 Å². The molecular weight excluding hydrogens is 348 g/mol. The number of nitro groups is 1. The number of para-hydroxylation sites is 1. The average Bonchev–Trinajstić information content (AvgIpc) is 3.12. The molecule has 4 rings (SSSR count). The van der Waals surface area contributed by atoms with Crippen LogP contribution in [0, 0.1) is 10.1 Å². The van der Waals surface area contributed by atoms with Crippen molar-refractivity contribution in [1.29, 1.82) is 0 Å². The molecule has 0 bridgehead atoms. The van der Waals surface area contributed by atoms with Crippen LogP contribution in [0.3, 0.4) is 0 Å². The van der Waals surface area contributed by atoms with E-state index in [0.29, 0.717) is 27.9 Å². The maximum Gasteiger partial charge on any atom is 0.271 e. The average molecular weight is 360 g/mol. The summed E-state index contributed by atoms with van der Waals surface area (Å²) in [5, 5.41) is 13.8. The van der Waals surface area contributed by atoms with Crippen LogP contribution in [0.5, 0.6) is 0 Å². The number of rotatable bonds is 4. The van der Waals surface area contributed by atoms with Crippen molar-refractivity contribution in [3.63, 3.8) is 0 Å². The summed E-state index contributed by atoms with van der Waals surface area (Å²) in [5.74, 6) is -0.0345. The van der Waals surface area contributed by atoms with Crippen molar-refractivity contribution in [3.8, 4) is 11.5 Å². The molecule has 0 saturated carbocycles. The highest BCUT2D eigenvalue weighted by atomic mass is 16.6. The number of fused-ring (bicyclic) bond motifs is 1. The van der Waals surface area contributed by atoms with E-state index in [-0.39, 0.29) is 17.5 Å². The number of anilines is 1. The van der Waals surface area contributed by atoms with Crippen molar-refractivity contribution in [3.05, 3.63) is 82.7 Å². The number of benzene rings is 2. The molecule has 27 heavy (non-hydrogen) atoms. The number of carbonyl (C=O) groups is 1.